The molecule has 0 spiro atoms. The molecule has 0 aliphatic carbocycles. The fourth-order valence-electron chi connectivity index (χ4n) is 0.134. The molecule has 0 aliphatic rings. The molecule has 0 aromatic carbocycles. The smallest absolute Gasteiger partial charge is 0.314 e. The molecule has 0 amide bonds. The number of unbranched alkanes of at least 4 members (excludes halogenated alkanes) is 1. The monoisotopic (exact) mass is 174 g/mol. The van der Waals surface area contributed by atoms with Gasteiger partial charge in [0.05, 0.1) is 0 Å². The number of rotatable bonds is 2. The third kappa shape index (κ3) is 58.8. The molecule has 0 aliphatic heterocycles. The molecule has 0 heterocycles. The van der Waals surface area contributed by atoms with Gasteiger partial charge in [-0.3, -0.25) is 4.57 Å². The van der Waals surface area contributed by atoms with Gasteiger partial charge in [0, 0.05) is 5.88 Å². The molecular weight excluding hydrogens is 162 g/mol. The number of alkyl halides is 1. The Morgan fingerprint density at radius 3 is 1.89 bits per heavy atom. The van der Waals surface area contributed by atoms with Gasteiger partial charge in [-0.2, -0.15) is 0 Å². The van der Waals surface area contributed by atoms with Gasteiger partial charge in [0.25, 0.3) is 0 Å². The molecule has 0 radical (unpaired) electrons. The Labute approximate surface area is 60.6 Å². The van der Waals surface area contributed by atoms with Gasteiger partial charge in [-0.1, -0.05) is 13.3 Å². The lowest BCUT2D eigenvalue weighted by Crippen LogP contribution is -1.65. The molecule has 0 saturated heterocycles. The molecule has 0 unspecified atom stereocenters. The molecule has 0 atom stereocenters. The standard InChI is InChI=1S/C4H9Cl.H3O3P/c1-2-3-4-5;1-4(2)3/h2-4H2,1H3;4H,(H2,1,2,3). The number of hydrogen-bond donors (Lipinski definition) is 2. The summed E-state index contributed by atoms with van der Waals surface area (Å²) < 4.78 is 8.74. The molecule has 0 bridgehead atoms. The van der Waals surface area contributed by atoms with Crippen molar-refractivity contribution < 1.29 is 14.4 Å². The quantitative estimate of drug-likeness (QED) is 0.491. The summed E-state index contributed by atoms with van der Waals surface area (Å²) in [7, 11) is -3.13. The van der Waals surface area contributed by atoms with Crippen LogP contribution in [0.5, 0.6) is 0 Å². The highest BCUT2D eigenvalue weighted by molar-refractivity contribution is 7.30. The minimum absolute atomic E-state index is 0.816. The van der Waals surface area contributed by atoms with Crippen LogP contribution in [0.25, 0.3) is 0 Å². The van der Waals surface area contributed by atoms with Crippen LogP contribution in [0.1, 0.15) is 19.8 Å². The van der Waals surface area contributed by atoms with Crippen molar-refractivity contribution in [3.05, 3.63) is 0 Å². The van der Waals surface area contributed by atoms with Crippen LogP contribution in [0.2, 0.25) is 0 Å². The Balaban J connectivity index is 0. The summed E-state index contributed by atoms with van der Waals surface area (Å²) in [4.78, 5) is 14.3. The third-order valence-corrected chi connectivity index (χ3v) is 0.754. The Kier molecular flexibility index (Phi) is 15.2. The van der Waals surface area contributed by atoms with Gasteiger partial charge in [-0.25, -0.2) is 0 Å². The van der Waals surface area contributed by atoms with E-state index in [1.54, 1.807) is 0 Å². The van der Waals surface area contributed by atoms with Gasteiger partial charge >= 0.3 is 8.25 Å². The maximum atomic E-state index is 8.74. The normalized spacial score (nSPS) is 8.56. The van der Waals surface area contributed by atoms with E-state index in [2.05, 4.69) is 6.92 Å². The molecule has 0 aromatic rings. The van der Waals surface area contributed by atoms with E-state index in [-0.39, 0.29) is 0 Å². The summed E-state index contributed by atoms with van der Waals surface area (Å²) in [6.07, 6.45) is 2.37. The Bertz CT molecular complexity index is 62.8. The van der Waals surface area contributed by atoms with Crippen molar-refractivity contribution in [2.75, 3.05) is 5.88 Å². The first-order valence-electron chi connectivity index (χ1n) is 2.63. The zero-order valence-corrected chi connectivity index (χ0v) is 7.06. The van der Waals surface area contributed by atoms with Crippen molar-refractivity contribution >= 4 is 19.9 Å². The van der Waals surface area contributed by atoms with E-state index in [1.165, 1.54) is 6.42 Å². The fourth-order valence-corrected chi connectivity index (χ4v) is 0.401. The number of halogens is 1. The van der Waals surface area contributed by atoms with Crippen LogP contribution < -0.4 is 0 Å². The second-order valence-electron chi connectivity index (χ2n) is 1.33. The predicted octanol–water partition coefficient (Wildman–Crippen LogP) is 1.39. The summed E-state index contributed by atoms with van der Waals surface area (Å²) in [6, 6.07) is 0. The summed E-state index contributed by atoms with van der Waals surface area (Å²) in [6.45, 7) is 2.13. The maximum Gasteiger partial charge on any atom is 0.314 e. The summed E-state index contributed by atoms with van der Waals surface area (Å²) in [5.74, 6) is 0.816. The van der Waals surface area contributed by atoms with Gasteiger partial charge in [0.2, 0.25) is 0 Å². The van der Waals surface area contributed by atoms with E-state index in [1.807, 2.05) is 0 Å². The zero-order chi connectivity index (χ0) is 7.70. The first-order valence-corrected chi connectivity index (χ1v) is 4.46. The van der Waals surface area contributed by atoms with E-state index < -0.39 is 8.25 Å². The SMILES string of the molecule is CCCCCl.O=[PH](O)O. The topological polar surface area (TPSA) is 57.5 Å². The van der Waals surface area contributed by atoms with E-state index in [0.29, 0.717) is 0 Å². The average Bonchev–Trinajstić information content (AvgIpc) is 1.66. The lowest BCUT2D eigenvalue weighted by molar-refractivity contribution is 0.405. The maximum absolute atomic E-state index is 8.74. The first-order chi connectivity index (χ1) is 4.15. The van der Waals surface area contributed by atoms with Gasteiger partial charge in [0.1, 0.15) is 0 Å². The van der Waals surface area contributed by atoms with Gasteiger partial charge in [0.15, 0.2) is 0 Å². The molecule has 5 heteroatoms. The van der Waals surface area contributed by atoms with Crippen molar-refractivity contribution in [2.45, 2.75) is 19.8 Å². The van der Waals surface area contributed by atoms with Gasteiger partial charge < -0.3 is 9.79 Å². The Morgan fingerprint density at radius 1 is 1.56 bits per heavy atom. The van der Waals surface area contributed by atoms with Crippen LogP contribution in [0, 0.1) is 0 Å². The van der Waals surface area contributed by atoms with E-state index in [4.69, 9.17) is 26.0 Å². The highest BCUT2D eigenvalue weighted by atomic mass is 35.5. The summed E-state index contributed by atoms with van der Waals surface area (Å²) >= 11 is 5.30. The molecule has 0 rings (SSSR count). The van der Waals surface area contributed by atoms with Crippen LogP contribution in [-0.2, 0) is 4.57 Å². The van der Waals surface area contributed by atoms with Crippen LogP contribution in [0.3, 0.4) is 0 Å². The highest BCUT2D eigenvalue weighted by Crippen LogP contribution is 1.98. The van der Waals surface area contributed by atoms with Crippen molar-refractivity contribution in [3.63, 3.8) is 0 Å². The predicted molar refractivity (Wildman–Crippen MR) is 39.1 cm³/mol. The molecule has 0 saturated carbocycles. The second kappa shape index (κ2) is 11.3. The Morgan fingerprint density at radius 2 is 1.89 bits per heavy atom. The van der Waals surface area contributed by atoms with Crippen molar-refractivity contribution in [1.82, 2.24) is 0 Å². The molecule has 9 heavy (non-hydrogen) atoms. The molecule has 3 nitrogen and oxygen atoms in total. The average molecular weight is 175 g/mol. The lowest BCUT2D eigenvalue weighted by Gasteiger charge is -1.77. The fraction of sp³-hybridized carbons (Fsp3) is 1.00. The van der Waals surface area contributed by atoms with Gasteiger partial charge in [-0.05, 0) is 6.42 Å². The summed E-state index contributed by atoms with van der Waals surface area (Å²) in [5, 5.41) is 0. The molecule has 0 aromatic heterocycles. The summed E-state index contributed by atoms with van der Waals surface area (Å²) in [5.41, 5.74) is 0. The minimum atomic E-state index is -3.13. The van der Waals surface area contributed by atoms with Crippen molar-refractivity contribution in [2.24, 2.45) is 0 Å². The van der Waals surface area contributed by atoms with Crippen molar-refractivity contribution in [1.29, 1.82) is 0 Å². The van der Waals surface area contributed by atoms with E-state index >= 15 is 0 Å². The van der Waals surface area contributed by atoms with Crippen molar-refractivity contribution in [3.8, 4) is 0 Å². The van der Waals surface area contributed by atoms with Crippen LogP contribution >= 0.6 is 19.9 Å². The third-order valence-electron chi connectivity index (χ3n) is 0.487. The van der Waals surface area contributed by atoms with Crippen LogP contribution in [0.15, 0.2) is 0 Å². The molecule has 0 fully saturated rings. The zero-order valence-electron chi connectivity index (χ0n) is 5.30. The molecule has 58 valence electrons. The molecular formula is C4H12ClO3P. The second-order valence-corrected chi connectivity index (χ2v) is 2.27. The number of hydrogen-bond acceptors (Lipinski definition) is 1. The lowest BCUT2D eigenvalue weighted by atomic mass is 10.4. The van der Waals surface area contributed by atoms with Gasteiger partial charge in [-0.15, -0.1) is 11.6 Å². The van der Waals surface area contributed by atoms with Crippen LogP contribution in [0.4, 0.5) is 0 Å². The molecule has 2 N–H and O–H groups in total. The first kappa shape index (κ1) is 12.1. The minimum Gasteiger partial charge on any atom is -0.326 e. The van der Waals surface area contributed by atoms with E-state index in [0.717, 1.165) is 12.3 Å². The Hall–Kier alpha value is 0.440. The van der Waals surface area contributed by atoms with E-state index in [9.17, 15) is 0 Å². The largest absolute Gasteiger partial charge is 0.326 e. The van der Waals surface area contributed by atoms with Crippen LogP contribution in [-0.4, -0.2) is 15.7 Å². The highest BCUT2D eigenvalue weighted by Gasteiger charge is 1.70.